The summed E-state index contributed by atoms with van der Waals surface area (Å²) in [5.41, 5.74) is 1.55. The molecule has 2 aromatic rings. The second-order valence-electron chi connectivity index (χ2n) is 3.72. The van der Waals surface area contributed by atoms with Crippen LogP contribution in [-0.2, 0) is 6.54 Å². The highest BCUT2D eigenvalue weighted by molar-refractivity contribution is 7.17. The number of aryl methyl sites for hydroxylation is 1. The number of hydrogen-bond donors (Lipinski definition) is 2. The summed E-state index contributed by atoms with van der Waals surface area (Å²) in [7, 11) is 0. The van der Waals surface area contributed by atoms with Gasteiger partial charge in [0.15, 0.2) is 5.13 Å². The number of aromatic carboxylic acids is 1. The van der Waals surface area contributed by atoms with Crippen LogP contribution in [0.3, 0.4) is 0 Å². The van der Waals surface area contributed by atoms with Crippen molar-refractivity contribution in [3.8, 4) is 0 Å². The minimum atomic E-state index is -0.944. The van der Waals surface area contributed by atoms with Gasteiger partial charge in [-0.2, -0.15) is 0 Å². The zero-order chi connectivity index (χ0) is 13.1. The molecule has 6 heteroatoms. The molecule has 0 aliphatic rings. The summed E-state index contributed by atoms with van der Waals surface area (Å²) in [5, 5.41) is 13.3. The highest BCUT2D eigenvalue weighted by atomic mass is 35.5. The Morgan fingerprint density at radius 3 is 2.94 bits per heavy atom. The Hall–Kier alpha value is -1.59. The third-order valence-corrected chi connectivity index (χ3v) is 3.66. The van der Waals surface area contributed by atoms with Crippen molar-refractivity contribution in [2.45, 2.75) is 13.5 Å². The first-order valence-corrected chi connectivity index (χ1v) is 6.45. The van der Waals surface area contributed by atoms with E-state index in [0.717, 1.165) is 16.9 Å². The van der Waals surface area contributed by atoms with E-state index >= 15 is 0 Å². The second kappa shape index (κ2) is 5.37. The topological polar surface area (TPSA) is 62.2 Å². The zero-order valence-electron chi connectivity index (χ0n) is 9.61. The molecule has 0 radical (unpaired) electrons. The maximum Gasteiger partial charge on any atom is 0.347 e. The fourth-order valence-corrected chi connectivity index (χ4v) is 2.51. The highest BCUT2D eigenvalue weighted by Gasteiger charge is 2.13. The first kappa shape index (κ1) is 12.9. The first-order valence-electron chi connectivity index (χ1n) is 5.25. The first-order chi connectivity index (χ1) is 8.56. The van der Waals surface area contributed by atoms with Crippen molar-refractivity contribution in [1.29, 1.82) is 0 Å². The minimum absolute atomic E-state index is 0.267. The molecule has 0 saturated heterocycles. The lowest BCUT2D eigenvalue weighted by atomic mass is 10.2. The van der Waals surface area contributed by atoms with Gasteiger partial charge in [0.25, 0.3) is 0 Å². The molecule has 0 unspecified atom stereocenters. The molecule has 0 fully saturated rings. The molecule has 4 nitrogen and oxygen atoms in total. The van der Waals surface area contributed by atoms with E-state index in [4.69, 9.17) is 16.7 Å². The van der Waals surface area contributed by atoms with Gasteiger partial charge in [-0.15, -0.1) is 0 Å². The van der Waals surface area contributed by atoms with Crippen LogP contribution < -0.4 is 5.32 Å². The van der Waals surface area contributed by atoms with Crippen molar-refractivity contribution >= 4 is 34.0 Å². The zero-order valence-corrected chi connectivity index (χ0v) is 11.2. The predicted molar refractivity (Wildman–Crippen MR) is 72.6 cm³/mol. The van der Waals surface area contributed by atoms with Crippen molar-refractivity contribution in [1.82, 2.24) is 4.98 Å². The van der Waals surface area contributed by atoms with E-state index in [2.05, 4.69) is 10.3 Å². The second-order valence-corrected chi connectivity index (χ2v) is 5.16. The molecular formula is C12H11ClN2O2S. The molecular weight excluding hydrogens is 272 g/mol. The van der Waals surface area contributed by atoms with E-state index in [1.165, 1.54) is 0 Å². The molecule has 0 spiro atoms. The van der Waals surface area contributed by atoms with Gasteiger partial charge >= 0.3 is 5.97 Å². The number of nitrogens with one attached hydrogen (secondary N) is 1. The van der Waals surface area contributed by atoms with Gasteiger partial charge in [0.2, 0.25) is 0 Å². The van der Waals surface area contributed by atoms with E-state index in [-0.39, 0.29) is 4.88 Å². The van der Waals surface area contributed by atoms with Crippen molar-refractivity contribution in [3.63, 3.8) is 0 Å². The monoisotopic (exact) mass is 282 g/mol. The van der Waals surface area contributed by atoms with E-state index in [0.29, 0.717) is 22.4 Å². The largest absolute Gasteiger partial charge is 0.477 e. The molecule has 1 aromatic heterocycles. The number of thiazole rings is 1. The smallest absolute Gasteiger partial charge is 0.347 e. The molecule has 0 bridgehead atoms. The number of halogens is 1. The number of rotatable bonds is 4. The predicted octanol–water partition coefficient (Wildman–Crippen LogP) is 3.42. The molecule has 2 N–H and O–H groups in total. The Labute approximate surface area is 113 Å². The molecule has 1 heterocycles. The standard InChI is InChI=1S/C12H11ClN2O2S/c1-7-10(11(16)17)18-12(15-7)14-6-8-3-2-4-9(13)5-8/h2-5H,6H2,1H3,(H,14,15)(H,16,17). The van der Waals surface area contributed by atoms with Crippen LogP contribution in [0, 0.1) is 6.92 Å². The van der Waals surface area contributed by atoms with Crippen molar-refractivity contribution < 1.29 is 9.90 Å². The Morgan fingerprint density at radius 2 is 2.33 bits per heavy atom. The fourth-order valence-electron chi connectivity index (χ4n) is 1.50. The Balaban J connectivity index is 2.06. The summed E-state index contributed by atoms with van der Waals surface area (Å²) in [6.45, 7) is 2.25. The SMILES string of the molecule is Cc1nc(NCc2cccc(Cl)c2)sc1C(=O)O. The Morgan fingerprint density at radius 1 is 1.56 bits per heavy atom. The van der Waals surface area contributed by atoms with Crippen LogP contribution in [0.25, 0.3) is 0 Å². The molecule has 0 atom stereocenters. The summed E-state index contributed by atoms with van der Waals surface area (Å²) in [6, 6.07) is 7.47. The Kier molecular flexibility index (Phi) is 3.84. The van der Waals surface area contributed by atoms with Gasteiger partial charge in [-0.1, -0.05) is 35.1 Å². The quantitative estimate of drug-likeness (QED) is 0.902. The lowest BCUT2D eigenvalue weighted by Gasteiger charge is -2.02. The molecule has 2 rings (SSSR count). The maximum atomic E-state index is 10.9. The van der Waals surface area contributed by atoms with Crippen LogP contribution in [-0.4, -0.2) is 16.1 Å². The number of hydrogen-bond acceptors (Lipinski definition) is 4. The van der Waals surface area contributed by atoms with Crippen LogP contribution in [0.4, 0.5) is 5.13 Å². The number of nitrogens with zero attached hydrogens (tertiary/aromatic N) is 1. The van der Waals surface area contributed by atoms with Crippen LogP contribution >= 0.6 is 22.9 Å². The minimum Gasteiger partial charge on any atom is -0.477 e. The van der Waals surface area contributed by atoms with Crippen LogP contribution in [0.5, 0.6) is 0 Å². The number of carboxylic acid groups (broad SMARTS) is 1. The molecule has 94 valence electrons. The van der Waals surface area contributed by atoms with Gasteiger partial charge in [0.1, 0.15) is 4.88 Å². The Bertz CT molecular complexity index is 583. The summed E-state index contributed by atoms with van der Waals surface area (Å²) in [6.07, 6.45) is 0. The third kappa shape index (κ3) is 3.00. The molecule has 0 saturated carbocycles. The van der Waals surface area contributed by atoms with Gasteiger partial charge in [-0.3, -0.25) is 0 Å². The lowest BCUT2D eigenvalue weighted by Crippen LogP contribution is -1.98. The van der Waals surface area contributed by atoms with Gasteiger partial charge < -0.3 is 10.4 Å². The maximum absolute atomic E-state index is 10.9. The normalized spacial score (nSPS) is 10.3. The summed E-state index contributed by atoms with van der Waals surface area (Å²) in [4.78, 5) is 15.3. The van der Waals surface area contributed by atoms with Gasteiger partial charge in [-0.25, -0.2) is 9.78 Å². The van der Waals surface area contributed by atoms with E-state index < -0.39 is 5.97 Å². The number of carboxylic acids is 1. The highest BCUT2D eigenvalue weighted by Crippen LogP contribution is 2.23. The molecule has 18 heavy (non-hydrogen) atoms. The van der Waals surface area contributed by atoms with E-state index in [1.807, 2.05) is 18.2 Å². The number of benzene rings is 1. The fraction of sp³-hybridized carbons (Fsp3) is 0.167. The van der Waals surface area contributed by atoms with E-state index in [1.54, 1.807) is 13.0 Å². The molecule has 0 amide bonds. The molecule has 1 aromatic carbocycles. The average molecular weight is 283 g/mol. The third-order valence-electron chi connectivity index (χ3n) is 2.32. The van der Waals surface area contributed by atoms with Gasteiger partial charge in [-0.05, 0) is 24.6 Å². The lowest BCUT2D eigenvalue weighted by molar-refractivity contribution is 0.0701. The van der Waals surface area contributed by atoms with Crippen LogP contribution in [0.15, 0.2) is 24.3 Å². The van der Waals surface area contributed by atoms with Crippen molar-refractivity contribution in [2.75, 3.05) is 5.32 Å². The number of carbonyl (C=O) groups is 1. The average Bonchev–Trinajstić information content (AvgIpc) is 2.68. The summed E-state index contributed by atoms with van der Waals surface area (Å²) in [5.74, 6) is -0.944. The van der Waals surface area contributed by atoms with Crippen LogP contribution in [0.1, 0.15) is 20.9 Å². The van der Waals surface area contributed by atoms with Crippen molar-refractivity contribution in [2.24, 2.45) is 0 Å². The summed E-state index contributed by atoms with van der Waals surface area (Å²) >= 11 is 7.02. The number of anilines is 1. The van der Waals surface area contributed by atoms with Crippen molar-refractivity contribution in [3.05, 3.63) is 45.4 Å². The molecule has 0 aliphatic heterocycles. The molecule has 0 aliphatic carbocycles. The van der Waals surface area contributed by atoms with E-state index in [9.17, 15) is 4.79 Å². The summed E-state index contributed by atoms with van der Waals surface area (Å²) < 4.78 is 0. The van der Waals surface area contributed by atoms with Gasteiger partial charge in [0.05, 0.1) is 5.69 Å². The van der Waals surface area contributed by atoms with Crippen LogP contribution in [0.2, 0.25) is 5.02 Å². The van der Waals surface area contributed by atoms with Gasteiger partial charge in [0, 0.05) is 11.6 Å². The number of aromatic nitrogens is 1.